The van der Waals surface area contributed by atoms with E-state index in [9.17, 15) is 0 Å². The molecule has 2 atom stereocenters. The van der Waals surface area contributed by atoms with Gasteiger partial charge in [0.25, 0.3) is 0 Å². The number of likely N-dealkylation sites (tertiary alicyclic amines) is 1. The standard InChI is InChI=1S/C17H24N4O.ClH/c1-13(21-9-8-17(2,11-18)12-21)16-19-15(20-22-16)10-14-6-4-3-5-7-14;/h3-7,13H,8-12,18H2,1-2H3;1H. The quantitative estimate of drug-likeness (QED) is 0.909. The Morgan fingerprint density at radius 1 is 1.35 bits per heavy atom. The highest BCUT2D eigenvalue weighted by molar-refractivity contribution is 5.85. The van der Waals surface area contributed by atoms with Crippen LogP contribution in [0.1, 0.15) is 43.6 Å². The molecule has 6 heteroatoms. The van der Waals surface area contributed by atoms with Crippen LogP contribution in [-0.2, 0) is 6.42 Å². The van der Waals surface area contributed by atoms with Gasteiger partial charge in [-0.15, -0.1) is 12.4 Å². The van der Waals surface area contributed by atoms with Crippen molar-refractivity contribution in [1.82, 2.24) is 15.0 Å². The zero-order chi connectivity index (χ0) is 15.6. The third kappa shape index (κ3) is 4.10. The highest BCUT2D eigenvalue weighted by Crippen LogP contribution is 2.33. The molecule has 2 heterocycles. The molecule has 0 bridgehead atoms. The van der Waals surface area contributed by atoms with Gasteiger partial charge >= 0.3 is 0 Å². The van der Waals surface area contributed by atoms with Gasteiger partial charge in [-0.05, 0) is 37.4 Å². The summed E-state index contributed by atoms with van der Waals surface area (Å²) < 4.78 is 5.48. The van der Waals surface area contributed by atoms with Crippen molar-refractivity contribution in [1.29, 1.82) is 0 Å². The SMILES string of the molecule is CC(c1nc(Cc2ccccc2)no1)N1CCC(C)(CN)C1.Cl. The molecule has 23 heavy (non-hydrogen) atoms. The first-order valence-corrected chi connectivity index (χ1v) is 7.90. The van der Waals surface area contributed by atoms with Gasteiger partial charge in [0.1, 0.15) is 0 Å². The van der Waals surface area contributed by atoms with Crippen LogP contribution < -0.4 is 5.73 Å². The predicted octanol–water partition coefficient (Wildman–Crippen LogP) is 2.81. The van der Waals surface area contributed by atoms with E-state index in [2.05, 4.69) is 41.0 Å². The minimum absolute atomic E-state index is 0. The van der Waals surface area contributed by atoms with Gasteiger partial charge in [0.15, 0.2) is 5.82 Å². The van der Waals surface area contributed by atoms with E-state index in [0.29, 0.717) is 12.3 Å². The van der Waals surface area contributed by atoms with E-state index in [1.807, 2.05) is 18.2 Å². The lowest BCUT2D eigenvalue weighted by Gasteiger charge is -2.25. The van der Waals surface area contributed by atoms with E-state index in [4.69, 9.17) is 10.3 Å². The third-order valence-electron chi connectivity index (χ3n) is 4.67. The Labute approximate surface area is 143 Å². The van der Waals surface area contributed by atoms with Crippen molar-refractivity contribution in [2.45, 2.75) is 32.7 Å². The monoisotopic (exact) mass is 336 g/mol. The fourth-order valence-corrected chi connectivity index (χ4v) is 3.00. The van der Waals surface area contributed by atoms with Crippen LogP contribution in [0.15, 0.2) is 34.9 Å². The number of halogens is 1. The number of nitrogens with two attached hydrogens (primary N) is 1. The number of nitrogens with zero attached hydrogens (tertiary/aromatic N) is 3. The summed E-state index contributed by atoms with van der Waals surface area (Å²) in [5, 5.41) is 4.12. The molecule has 2 N–H and O–H groups in total. The zero-order valence-electron chi connectivity index (χ0n) is 13.7. The van der Waals surface area contributed by atoms with E-state index < -0.39 is 0 Å². The van der Waals surface area contributed by atoms with E-state index in [0.717, 1.165) is 31.9 Å². The second-order valence-electron chi connectivity index (χ2n) is 6.62. The maximum absolute atomic E-state index is 5.88. The zero-order valence-corrected chi connectivity index (χ0v) is 14.6. The van der Waals surface area contributed by atoms with Crippen molar-refractivity contribution in [3.05, 3.63) is 47.6 Å². The molecular weight excluding hydrogens is 312 g/mol. The first-order chi connectivity index (χ1) is 10.6. The fraction of sp³-hybridized carbons (Fsp3) is 0.529. The Balaban J connectivity index is 0.00000192. The van der Waals surface area contributed by atoms with Crippen molar-refractivity contribution in [2.75, 3.05) is 19.6 Å². The molecule has 2 aromatic rings. The largest absolute Gasteiger partial charge is 0.338 e. The molecular formula is C17H25ClN4O. The lowest BCUT2D eigenvalue weighted by atomic mass is 9.90. The summed E-state index contributed by atoms with van der Waals surface area (Å²) in [6, 6.07) is 10.4. The molecule has 1 aliphatic rings. The highest BCUT2D eigenvalue weighted by Gasteiger charge is 2.36. The second-order valence-corrected chi connectivity index (χ2v) is 6.62. The summed E-state index contributed by atoms with van der Waals surface area (Å²) in [5.41, 5.74) is 7.28. The molecule has 5 nitrogen and oxygen atoms in total. The fourth-order valence-electron chi connectivity index (χ4n) is 3.00. The number of benzene rings is 1. The summed E-state index contributed by atoms with van der Waals surface area (Å²) in [7, 11) is 0. The Kier molecular flexibility index (Phi) is 5.79. The number of hydrogen-bond donors (Lipinski definition) is 1. The molecule has 1 saturated heterocycles. The molecule has 1 aromatic heterocycles. The van der Waals surface area contributed by atoms with Gasteiger partial charge in [-0.2, -0.15) is 4.98 Å². The van der Waals surface area contributed by atoms with Crippen molar-refractivity contribution in [3.63, 3.8) is 0 Å². The average molecular weight is 337 g/mol. The van der Waals surface area contributed by atoms with E-state index in [-0.39, 0.29) is 23.9 Å². The van der Waals surface area contributed by atoms with Crippen molar-refractivity contribution >= 4 is 12.4 Å². The topological polar surface area (TPSA) is 68.2 Å². The van der Waals surface area contributed by atoms with Crippen molar-refractivity contribution in [3.8, 4) is 0 Å². The summed E-state index contributed by atoms with van der Waals surface area (Å²) >= 11 is 0. The van der Waals surface area contributed by atoms with Crippen LogP contribution in [0.3, 0.4) is 0 Å². The molecule has 1 aromatic carbocycles. The van der Waals surface area contributed by atoms with E-state index in [1.54, 1.807) is 0 Å². The van der Waals surface area contributed by atoms with Crippen molar-refractivity contribution < 1.29 is 4.52 Å². The van der Waals surface area contributed by atoms with Crippen LogP contribution in [-0.4, -0.2) is 34.7 Å². The minimum Gasteiger partial charge on any atom is -0.338 e. The molecule has 2 unspecified atom stereocenters. The molecule has 0 amide bonds. The molecule has 0 spiro atoms. The lowest BCUT2D eigenvalue weighted by molar-refractivity contribution is 0.188. The number of hydrogen-bond acceptors (Lipinski definition) is 5. The summed E-state index contributed by atoms with van der Waals surface area (Å²) in [4.78, 5) is 6.95. The Morgan fingerprint density at radius 2 is 2.09 bits per heavy atom. The highest BCUT2D eigenvalue weighted by atomic mass is 35.5. The van der Waals surface area contributed by atoms with Gasteiger partial charge in [-0.25, -0.2) is 0 Å². The van der Waals surface area contributed by atoms with Crippen LogP contribution >= 0.6 is 12.4 Å². The number of rotatable bonds is 5. The van der Waals surface area contributed by atoms with Crippen LogP contribution in [0, 0.1) is 5.41 Å². The smallest absolute Gasteiger partial charge is 0.243 e. The molecule has 3 rings (SSSR count). The summed E-state index contributed by atoms with van der Waals surface area (Å²) in [6.45, 7) is 7.11. The van der Waals surface area contributed by atoms with Crippen molar-refractivity contribution in [2.24, 2.45) is 11.1 Å². The molecule has 0 radical (unpaired) electrons. The normalized spacial score (nSPS) is 22.7. The average Bonchev–Trinajstić information content (AvgIpc) is 3.15. The van der Waals surface area contributed by atoms with Gasteiger partial charge < -0.3 is 10.3 Å². The van der Waals surface area contributed by atoms with Gasteiger partial charge in [0, 0.05) is 13.0 Å². The van der Waals surface area contributed by atoms with Crippen LogP contribution in [0.25, 0.3) is 0 Å². The summed E-state index contributed by atoms with van der Waals surface area (Å²) in [6.07, 6.45) is 1.83. The van der Waals surface area contributed by atoms with Gasteiger partial charge in [0.2, 0.25) is 5.89 Å². The van der Waals surface area contributed by atoms with Gasteiger partial charge in [-0.3, -0.25) is 4.90 Å². The van der Waals surface area contributed by atoms with Gasteiger partial charge in [-0.1, -0.05) is 42.4 Å². The van der Waals surface area contributed by atoms with Crippen LogP contribution in [0.5, 0.6) is 0 Å². The molecule has 126 valence electrons. The van der Waals surface area contributed by atoms with Crippen LogP contribution in [0.2, 0.25) is 0 Å². The molecule has 1 aliphatic heterocycles. The Morgan fingerprint density at radius 3 is 2.74 bits per heavy atom. The number of aromatic nitrogens is 2. The minimum atomic E-state index is 0. The molecule has 1 fully saturated rings. The van der Waals surface area contributed by atoms with E-state index in [1.165, 1.54) is 5.56 Å². The predicted molar refractivity (Wildman–Crippen MR) is 92.6 cm³/mol. The van der Waals surface area contributed by atoms with Crippen LogP contribution in [0.4, 0.5) is 0 Å². The maximum atomic E-state index is 5.88. The summed E-state index contributed by atoms with van der Waals surface area (Å²) in [5.74, 6) is 1.45. The molecule has 0 saturated carbocycles. The van der Waals surface area contributed by atoms with E-state index >= 15 is 0 Å². The lowest BCUT2D eigenvalue weighted by Crippen LogP contribution is -2.32. The third-order valence-corrected chi connectivity index (χ3v) is 4.67. The van der Waals surface area contributed by atoms with Gasteiger partial charge in [0.05, 0.1) is 6.04 Å². The Bertz CT molecular complexity index is 618. The molecule has 0 aliphatic carbocycles. The Hall–Kier alpha value is -1.43. The maximum Gasteiger partial charge on any atom is 0.243 e. The first kappa shape index (κ1) is 17.9. The second kappa shape index (κ2) is 7.43. The first-order valence-electron chi connectivity index (χ1n) is 7.90.